The first-order chi connectivity index (χ1) is 9.47. The molecular formula is C13H9BrF2N2O2. The van der Waals surface area contributed by atoms with E-state index >= 15 is 0 Å². The van der Waals surface area contributed by atoms with E-state index in [-0.39, 0.29) is 28.2 Å². The third-order valence-corrected chi connectivity index (χ3v) is 3.26. The molecule has 1 N–H and O–H groups in total. The molecule has 104 valence electrons. The average Bonchev–Trinajstić information content (AvgIpc) is 2.41. The molecule has 0 aromatic heterocycles. The molecule has 4 nitrogen and oxygen atoms in total. The zero-order chi connectivity index (χ0) is 14.7. The zero-order valence-corrected chi connectivity index (χ0v) is 11.7. The van der Waals surface area contributed by atoms with Crippen molar-refractivity contribution in [3.8, 4) is 0 Å². The molecule has 0 saturated carbocycles. The SMILES string of the molecule is O=[N+]([O-])c1cc(F)c(NCc2ccc(F)cc2)cc1Br. The number of halogens is 3. The van der Waals surface area contributed by atoms with Crippen molar-refractivity contribution in [3.05, 3.63) is 68.2 Å². The Bertz CT molecular complexity index is 648. The highest BCUT2D eigenvalue weighted by atomic mass is 79.9. The lowest BCUT2D eigenvalue weighted by Gasteiger charge is -2.08. The van der Waals surface area contributed by atoms with Crippen molar-refractivity contribution < 1.29 is 13.7 Å². The van der Waals surface area contributed by atoms with E-state index in [2.05, 4.69) is 21.2 Å². The van der Waals surface area contributed by atoms with Crippen LogP contribution in [-0.2, 0) is 6.54 Å². The lowest BCUT2D eigenvalue weighted by Crippen LogP contribution is -2.02. The monoisotopic (exact) mass is 342 g/mol. The summed E-state index contributed by atoms with van der Waals surface area (Å²) in [4.78, 5) is 9.98. The van der Waals surface area contributed by atoms with Gasteiger partial charge in [0.1, 0.15) is 5.82 Å². The number of rotatable bonds is 4. The van der Waals surface area contributed by atoms with Crippen LogP contribution in [0, 0.1) is 21.7 Å². The number of nitrogens with zero attached hydrogens (tertiary/aromatic N) is 1. The van der Waals surface area contributed by atoms with Crippen LogP contribution in [0.2, 0.25) is 0 Å². The number of anilines is 1. The van der Waals surface area contributed by atoms with Gasteiger partial charge in [0.25, 0.3) is 5.69 Å². The summed E-state index contributed by atoms with van der Waals surface area (Å²) >= 11 is 3.02. The van der Waals surface area contributed by atoms with Crippen molar-refractivity contribution in [2.75, 3.05) is 5.32 Å². The summed E-state index contributed by atoms with van der Waals surface area (Å²) in [7, 11) is 0. The van der Waals surface area contributed by atoms with Gasteiger partial charge in [0.05, 0.1) is 21.1 Å². The van der Waals surface area contributed by atoms with Crippen LogP contribution in [0.1, 0.15) is 5.56 Å². The molecule has 0 aliphatic carbocycles. The normalized spacial score (nSPS) is 10.3. The molecule has 0 spiro atoms. The average molecular weight is 343 g/mol. The summed E-state index contributed by atoms with van der Waals surface area (Å²) in [6, 6.07) is 7.90. The van der Waals surface area contributed by atoms with Crippen LogP contribution >= 0.6 is 15.9 Å². The number of nitro benzene ring substituents is 1. The van der Waals surface area contributed by atoms with Crippen LogP contribution in [0.5, 0.6) is 0 Å². The van der Waals surface area contributed by atoms with E-state index < -0.39 is 10.7 Å². The molecule has 0 saturated heterocycles. The van der Waals surface area contributed by atoms with E-state index in [1.54, 1.807) is 12.1 Å². The van der Waals surface area contributed by atoms with Gasteiger partial charge in [-0.1, -0.05) is 12.1 Å². The fourth-order valence-electron chi connectivity index (χ4n) is 1.61. The molecule has 2 aromatic rings. The van der Waals surface area contributed by atoms with E-state index in [0.29, 0.717) is 0 Å². The van der Waals surface area contributed by atoms with Gasteiger partial charge in [-0.25, -0.2) is 8.78 Å². The van der Waals surface area contributed by atoms with E-state index in [4.69, 9.17) is 0 Å². The molecule has 20 heavy (non-hydrogen) atoms. The number of benzene rings is 2. The minimum Gasteiger partial charge on any atom is -0.379 e. The second kappa shape index (κ2) is 5.96. The number of hydrogen-bond donors (Lipinski definition) is 1. The Kier molecular flexibility index (Phi) is 4.29. The standard InChI is InChI=1S/C13H9BrF2N2O2/c14-10-5-12(11(16)6-13(10)18(19)20)17-7-8-1-3-9(15)4-2-8/h1-6,17H,7H2. The van der Waals surface area contributed by atoms with Gasteiger partial charge < -0.3 is 5.32 Å². The number of nitrogens with one attached hydrogen (secondary N) is 1. The second-order valence-electron chi connectivity index (χ2n) is 4.02. The highest BCUT2D eigenvalue weighted by molar-refractivity contribution is 9.10. The van der Waals surface area contributed by atoms with Crippen LogP contribution in [0.4, 0.5) is 20.2 Å². The lowest BCUT2D eigenvalue weighted by atomic mass is 10.2. The first-order valence-corrected chi connectivity index (χ1v) is 6.38. The molecule has 0 unspecified atom stereocenters. The van der Waals surface area contributed by atoms with E-state index in [1.165, 1.54) is 18.2 Å². The van der Waals surface area contributed by atoms with Gasteiger partial charge in [-0.3, -0.25) is 10.1 Å². The molecule has 0 fully saturated rings. The van der Waals surface area contributed by atoms with Crippen molar-refractivity contribution in [2.24, 2.45) is 0 Å². The van der Waals surface area contributed by atoms with Gasteiger partial charge in [-0.2, -0.15) is 0 Å². The molecule has 0 bridgehead atoms. The summed E-state index contributed by atoms with van der Waals surface area (Å²) in [6.07, 6.45) is 0. The minimum absolute atomic E-state index is 0.131. The summed E-state index contributed by atoms with van der Waals surface area (Å²) in [5.74, 6) is -1.07. The predicted octanol–water partition coefficient (Wildman–Crippen LogP) is 4.25. The van der Waals surface area contributed by atoms with E-state index in [1.807, 2.05) is 0 Å². The molecule has 2 rings (SSSR count). The summed E-state index contributed by atoms with van der Waals surface area (Å²) < 4.78 is 26.6. The molecule has 2 aromatic carbocycles. The molecule has 0 radical (unpaired) electrons. The van der Waals surface area contributed by atoms with Gasteiger partial charge in [-0.05, 0) is 39.7 Å². The molecule has 0 amide bonds. The molecule has 0 aliphatic heterocycles. The van der Waals surface area contributed by atoms with E-state index in [9.17, 15) is 18.9 Å². The Morgan fingerprint density at radius 1 is 1.20 bits per heavy atom. The Balaban J connectivity index is 2.16. The maximum Gasteiger partial charge on any atom is 0.286 e. The van der Waals surface area contributed by atoms with E-state index in [0.717, 1.165) is 11.6 Å². The van der Waals surface area contributed by atoms with Crippen LogP contribution in [0.15, 0.2) is 40.9 Å². The highest BCUT2D eigenvalue weighted by Crippen LogP contribution is 2.30. The van der Waals surface area contributed by atoms with Crippen LogP contribution in [-0.4, -0.2) is 4.92 Å². The predicted molar refractivity (Wildman–Crippen MR) is 74.5 cm³/mol. The molecular weight excluding hydrogens is 334 g/mol. The Morgan fingerprint density at radius 2 is 1.85 bits per heavy atom. The largest absolute Gasteiger partial charge is 0.379 e. The Labute approximate surface area is 121 Å². The first-order valence-electron chi connectivity index (χ1n) is 5.59. The van der Waals surface area contributed by atoms with Crippen molar-refractivity contribution in [1.29, 1.82) is 0 Å². The summed E-state index contributed by atoms with van der Waals surface area (Å²) in [5.41, 5.74) is 0.557. The fraction of sp³-hybridized carbons (Fsp3) is 0.0769. The smallest absolute Gasteiger partial charge is 0.286 e. The molecule has 0 aliphatic rings. The summed E-state index contributed by atoms with van der Waals surface area (Å²) in [5, 5.41) is 13.5. The topological polar surface area (TPSA) is 55.2 Å². The van der Waals surface area contributed by atoms with Gasteiger partial charge in [0.2, 0.25) is 0 Å². The lowest BCUT2D eigenvalue weighted by molar-refractivity contribution is -0.385. The Morgan fingerprint density at radius 3 is 2.45 bits per heavy atom. The maximum absolute atomic E-state index is 13.7. The van der Waals surface area contributed by atoms with Crippen LogP contribution in [0.3, 0.4) is 0 Å². The minimum atomic E-state index is -0.720. The third kappa shape index (κ3) is 3.30. The van der Waals surface area contributed by atoms with Crippen LogP contribution < -0.4 is 5.32 Å². The Hall–Kier alpha value is -2.02. The van der Waals surface area contributed by atoms with Crippen molar-refractivity contribution in [1.82, 2.24) is 0 Å². The summed E-state index contributed by atoms with van der Waals surface area (Å²) in [6.45, 7) is 0.279. The van der Waals surface area contributed by atoms with Gasteiger partial charge in [-0.15, -0.1) is 0 Å². The number of nitro groups is 1. The maximum atomic E-state index is 13.7. The van der Waals surface area contributed by atoms with Gasteiger partial charge >= 0.3 is 0 Å². The van der Waals surface area contributed by atoms with Gasteiger partial charge in [0, 0.05) is 6.54 Å². The van der Waals surface area contributed by atoms with Crippen molar-refractivity contribution in [3.63, 3.8) is 0 Å². The molecule has 0 heterocycles. The van der Waals surface area contributed by atoms with Crippen LogP contribution in [0.25, 0.3) is 0 Å². The quantitative estimate of drug-likeness (QED) is 0.667. The highest BCUT2D eigenvalue weighted by Gasteiger charge is 2.16. The van der Waals surface area contributed by atoms with Gasteiger partial charge in [0.15, 0.2) is 5.82 Å². The second-order valence-corrected chi connectivity index (χ2v) is 4.87. The fourth-order valence-corrected chi connectivity index (χ4v) is 2.10. The zero-order valence-electron chi connectivity index (χ0n) is 10.1. The third-order valence-electron chi connectivity index (χ3n) is 2.63. The number of hydrogen-bond acceptors (Lipinski definition) is 3. The molecule has 0 atom stereocenters. The first kappa shape index (κ1) is 14.4. The van der Waals surface area contributed by atoms with Crippen molar-refractivity contribution >= 4 is 27.3 Å². The molecule has 7 heteroatoms. The van der Waals surface area contributed by atoms with Crippen molar-refractivity contribution in [2.45, 2.75) is 6.54 Å².